The van der Waals surface area contributed by atoms with E-state index < -0.39 is 0 Å². The van der Waals surface area contributed by atoms with E-state index >= 15 is 0 Å². The molecular weight excluding hydrogens is 266 g/mol. The van der Waals surface area contributed by atoms with Crippen LogP contribution in [0.25, 0.3) is 0 Å². The van der Waals surface area contributed by atoms with Crippen molar-refractivity contribution in [2.24, 2.45) is 5.92 Å². The molecule has 1 aliphatic rings. The van der Waals surface area contributed by atoms with Crippen LogP contribution in [0.3, 0.4) is 0 Å². The molecule has 0 radical (unpaired) electrons. The Balaban J connectivity index is 1.86. The molecule has 1 aromatic carbocycles. The van der Waals surface area contributed by atoms with Crippen LogP contribution in [0.4, 0.5) is 5.69 Å². The van der Waals surface area contributed by atoms with Crippen molar-refractivity contribution in [3.8, 4) is 0 Å². The Morgan fingerprint density at radius 3 is 2.67 bits per heavy atom. The van der Waals surface area contributed by atoms with Crippen LogP contribution in [-0.2, 0) is 4.79 Å². The second-order valence-electron chi connectivity index (χ2n) is 5.72. The van der Waals surface area contributed by atoms with Gasteiger partial charge in [0.15, 0.2) is 0 Å². The van der Waals surface area contributed by atoms with E-state index in [0.29, 0.717) is 17.2 Å². The number of hydrogen-bond donors (Lipinski definition) is 2. The van der Waals surface area contributed by atoms with Crippen LogP contribution < -0.4 is 10.6 Å². The van der Waals surface area contributed by atoms with Gasteiger partial charge in [-0.05, 0) is 57.1 Å². The molecule has 114 valence electrons. The fraction of sp³-hybridized carbons (Fsp3) is 0.500. The summed E-state index contributed by atoms with van der Waals surface area (Å²) in [6, 6.07) is 7.01. The number of piperidine rings is 1. The Morgan fingerprint density at radius 2 is 2.00 bits per heavy atom. The van der Waals surface area contributed by atoms with Gasteiger partial charge < -0.3 is 15.5 Å². The van der Waals surface area contributed by atoms with Gasteiger partial charge in [0.05, 0.1) is 0 Å². The van der Waals surface area contributed by atoms with Gasteiger partial charge in [0.25, 0.3) is 5.91 Å². The lowest BCUT2D eigenvalue weighted by atomic mass is 9.97. The lowest BCUT2D eigenvalue weighted by molar-refractivity contribution is -0.114. The smallest absolute Gasteiger partial charge is 0.251 e. The number of hydrogen-bond acceptors (Lipinski definition) is 3. The van der Waals surface area contributed by atoms with E-state index in [1.54, 1.807) is 24.3 Å². The summed E-state index contributed by atoms with van der Waals surface area (Å²) >= 11 is 0. The number of nitrogens with one attached hydrogen (secondary N) is 2. The van der Waals surface area contributed by atoms with E-state index in [1.807, 2.05) is 0 Å². The van der Waals surface area contributed by atoms with Crippen molar-refractivity contribution in [1.29, 1.82) is 0 Å². The van der Waals surface area contributed by atoms with Crippen molar-refractivity contribution >= 4 is 17.5 Å². The van der Waals surface area contributed by atoms with Crippen LogP contribution in [0.1, 0.15) is 30.1 Å². The minimum atomic E-state index is -0.140. The molecule has 0 aliphatic carbocycles. The van der Waals surface area contributed by atoms with Crippen LogP contribution in [0, 0.1) is 5.92 Å². The Hall–Kier alpha value is -1.88. The van der Waals surface area contributed by atoms with E-state index in [2.05, 4.69) is 22.6 Å². The Bertz CT molecular complexity index is 508. The van der Waals surface area contributed by atoms with Gasteiger partial charge in [0, 0.05) is 24.7 Å². The number of carbonyl (C=O) groups is 2. The molecule has 0 atom stereocenters. The fourth-order valence-corrected chi connectivity index (χ4v) is 2.55. The maximum absolute atomic E-state index is 12.2. The maximum Gasteiger partial charge on any atom is 0.251 e. The van der Waals surface area contributed by atoms with E-state index in [9.17, 15) is 9.59 Å². The zero-order valence-corrected chi connectivity index (χ0v) is 12.7. The fourth-order valence-electron chi connectivity index (χ4n) is 2.55. The van der Waals surface area contributed by atoms with Gasteiger partial charge in [0.2, 0.25) is 5.91 Å². The topological polar surface area (TPSA) is 61.4 Å². The molecule has 5 nitrogen and oxygen atoms in total. The molecule has 5 heteroatoms. The molecule has 2 N–H and O–H groups in total. The predicted octanol–water partition coefficient (Wildman–Crippen LogP) is 1.72. The molecule has 0 saturated carbocycles. The largest absolute Gasteiger partial charge is 0.352 e. The van der Waals surface area contributed by atoms with Crippen molar-refractivity contribution in [2.75, 3.05) is 32.0 Å². The summed E-state index contributed by atoms with van der Waals surface area (Å²) in [6.45, 7) is 4.36. The van der Waals surface area contributed by atoms with Crippen molar-refractivity contribution in [1.82, 2.24) is 10.2 Å². The van der Waals surface area contributed by atoms with Gasteiger partial charge in [-0.15, -0.1) is 0 Å². The first-order valence-electron chi connectivity index (χ1n) is 7.39. The summed E-state index contributed by atoms with van der Waals surface area (Å²) in [6.07, 6.45) is 2.26. The minimum Gasteiger partial charge on any atom is -0.352 e. The summed E-state index contributed by atoms with van der Waals surface area (Å²) in [4.78, 5) is 25.5. The summed E-state index contributed by atoms with van der Waals surface area (Å²) in [7, 11) is 2.13. The van der Waals surface area contributed by atoms with Crippen molar-refractivity contribution in [2.45, 2.75) is 19.8 Å². The number of carbonyl (C=O) groups excluding carboxylic acids is 2. The van der Waals surface area contributed by atoms with Crippen molar-refractivity contribution < 1.29 is 9.59 Å². The minimum absolute atomic E-state index is 0.0823. The molecule has 1 aliphatic heterocycles. The zero-order chi connectivity index (χ0) is 15.2. The molecule has 1 heterocycles. The van der Waals surface area contributed by atoms with Crippen LogP contribution in [0.15, 0.2) is 24.3 Å². The van der Waals surface area contributed by atoms with Crippen LogP contribution in [-0.4, -0.2) is 43.4 Å². The SMILES string of the molecule is CC(=O)Nc1cccc(C(=O)NCC2CCN(C)CC2)c1. The summed E-state index contributed by atoms with van der Waals surface area (Å²) in [5, 5.41) is 5.68. The van der Waals surface area contributed by atoms with E-state index in [-0.39, 0.29) is 11.8 Å². The first kappa shape index (κ1) is 15.5. The van der Waals surface area contributed by atoms with Crippen LogP contribution in [0.5, 0.6) is 0 Å². The number of anilines is 1. The second kappa shape index (κ2) is 7.22. The maximum atomic E-state index is 12.2. The van der Waals surface area contributed by atoms with Gasteiger partial charge >= 0.3 is 0 Å². The molecular formula is C16H23N3O2. The number of nitrogens with zero attached hydrogens (tertiary/aromatic N) is 1. The van der Waals surface area contributed by atoms with Gasteiger partial charge in [0.1, 0.15) is 0 Å². The molecule has 1 fully saturated rings. The lowest BCUT2D eigenvalue weighted by Crippen LogP contribution is -2.36. The van der Waals surface area contributed by atoms with Crippen LogP contribution in [0.2, 0.25) is 0 Å². The summed E-state index contributed by atoms with van der Waals surface area (Å²) < 4.78 is 0. The van der Waals surface area contributed by atoms with E-state index in [0.717, 1.165) is 32.5 Å². The number of benzene rings is 1. The van der Waals surface area contributed by atoms with Gasteiger partial charge in [-0.3, -0.25) is 9.59 Å². The zero-order valence-electron chi connectivity index (χ0n) is 12.7. The molecule has 0 aromatic heterocycles. The molecule has 0 spiro atoms. The highest BCUT2D eigenvalue weighted by atomic mass is 16.2. The number of rotatable bonds is 4. The predicted molar refractivity (Wildman–Crippen MR) is 83.3 cm³/mol. The van der Waals surface area contributed by atoms with Gasteiger partial charge in [-0.1, -0.05) is 6.07 Å². The molecule has 1 saturated heterocycles. The normalized spacial score (nSPS) is 16.5. The molecule has 0 unspecified atom stereocenters. The Kier molecular flexibility index (Phi) is 5.33. The highest BCUT2D eigenvalue weighted by Crippen LogP contribution is 2.15. The molecule has 2 amide bonds. The second-order valence-corrected chi connectivity index (χ2v) is 5.72. The molecule has 0 bridgehead atoms. The highest BCUT2D eigenvalue weighted by molar-refractivity contribution is 5.96. The summed E-state index contributed by atoms with van der Waals surface area (Å²) in [5.41, 5.74) is 1.23. The quantitative estimate of drug-likeness (QED) is 0.887. The van der Waals surface area contributed by atoms with Crippen molar-refractivity contribution in [3.63, 3.8) is 0 Å². The highest BCUT2D eigenvalue weighted by Gasteiger charge is 2.17. The third kappa shape index (κ3) is 4.86. The third-order valence-corrected chi connectivity index (χ3v) is 3.83. The van der Waals surface area contributed by atoms with Crippen LogP contribution >= 0.6 is 0 Å². The number of amides is 2. The third-order valence-electron chi connectivity index (χ3n) is 3.83. The van der Waals surface area contributed by atoms with Gasteiger partial charge in [-0.2, -0.15) is 0 Å². The molecule has 2 rings (SSSR count). The van der Waals surface area contributed by atoms with E-state index in [1.165, 1.54) is 6.92 Å². The first-order valence-corrected chi connectivity index (χ1v) is 7.39. The average Bonchev–Trinajstić information content (AvgIpc) is 2.46. The molecule has 21 heavy (non-hydrogen) atoms. The Morgan fingerprint density at radius 1 is 1.29 bits per heavy atom. The molecule has 1 aromatic rings. The van der Waals surface area contributed by atoms with Crippen molar-refractivity contribution in [3.05, 3.63) is 29.8 Å². The van der Waals surface area contributed by atoms with Gasteiger partial charge in [-0.25, -0.2) is 0 Å². The van der Waals surface area contributed by atoms with E-state index in [4.69, 9.17) is 0 Å². The Labute approximate surface area is 125 Å². The summed E-state index contributed by atoms with van der Waals surface area (Å²) in [5.74, 6) is 0.337. The monoisotopic (exact) mass is 289 g/mol. The number of likely N-dealkylation sites (tertiary alicyclic amines) is 1. The standard InChI is InChI=1S/C16H23N3O2/c1-12(20)18-15-5-3-4-14(10-15)16(21)17-11-13-6-8-19(2)9-7-13/h3-5,10,13H,6-9,11H2,1-2H3,(H,17,21)(H,18,20). The average molecular weight is 289 g/mol. The lowest BCUT2D eigenvalue weighted by Gasteiger charge is -2.28. The first-order chi connectivity index (χ1) is 10.0.